The summed E-state index contributed by atoms with van der Waals surface area (Å²) in [6.45, 7) is -0.272. The molecular weight excluding hydrogens is 362 g/mol. The SMILES string of the molecule is N[C@@H](Cc1ccc(B(O)O)cc1)C(=O)NC(CO)Cc1ccc(B(O)O)cc1. The van der Waals surface area contributed by atoms with Gasteiger partial charge in [0.2, 0.25) is 5.91 Å². The van der Waals surface area contributed by atoms with Crippen LogP contribution < -0.4 is 22.0 Å². The van der Waals surface area contributed by atoms with E-state index in [1.807, 2.05) is 0 Å². The Hall–Kier alpha value is -2.20. The van der Waals surface area contributed by atoms with Crippen LogP contribution in [0.15, 0.2) is 48.5 Å². The van der Waals surface area contributed by atoms with Gasteiger partial charge in [-0.3, -0.25) is 4.79 Å². The molecule has 1 amide bonds. The summed E-state index contributed by atoms with van der Waals surface area (Å²) >= 11 is 0. The maximum Gasteiger partial charge on any atom is 0.488 e. The van der Waals surface area contributed by atoms with Gasteiger partial charge in [0.15, 0.2) is 0 Å². The van der Waals surface area contributed by atoms with Crippen molar-refractivity contribution in [2.75, 3.05) is 6.61 Å². The third kappa shape index (κ3) is 6.45. The average molecular weight is 386 g/mol. The summed E-state index contributed by atoms with van der Waals surface area (Å²) in [6.07, 6.45) is 0.620. The first-order chi connectivity index (χ1) is 13.3. The van der Waals surface area contributed by atoms with Crippen LogP contribution in [0.5, 0.6) is 0 Å². The second kappa shape index (κ2) is 10.4. The minimum Gasteiger partial charge on any atom is -0.423 e. The highest BCUT2D eigenvalue weighted by atomic mass is 16.4. The summed E-state index contributed by atoms with van der Waals surface area (Å²) in [5.74, 6) is -0.410. The van der Waals surface area contributed by atoms with E-state index < -0.39 is 32.2 Å². The van der Waals surface area contributed by atoms with Crippen LogP contribution in [0.2, 0.25) is 0 Å². The topological polar surface area (TPSA) is 156 Å². The predicted molar refractivity (Wildman–Crippen MR) is 107 cm³/mol. The Labute approximate surface area is 163 Å². The molecule has 0 radical (unpaired) electrons. The number of benzene rings is 2. The van der Waals surface area contributed by atoms with Crippen molar-refractivity contribution in [2.45, 2.75) is 24.9 Å². The smallest absolute Gasteiger partial charge is 0.423 e. The number of aliphatic hydroxyl groups excluding tert-OH is 1. The number of aliphatic hydroxyl groups is 1. The molecule has 0 spiro atoms. The molecule has 0 aliphatic rings. The molecule has 1 unspecified atom stereocenters. The zero-order valence-corrected chi connectivity index (χ0v) is 15.3. The summed E-state index contributed by atoms with van der Waals surface area (Å²) in [7, 11) is -3.10. The van der Waals surface area contributed by atoms with Gasteiger partial charge in [-0.1, -0.05) is 48.5 Å². The molecule has 148 valence electrons. The van der Waals surface area contributed by atoms with Crippen molar-refractivity contribution < 1.29 is 30.0 Å². The maximum atomic E-state index is 12.3. The standard InChI is InChI=1S/C18H24B2N2O6/c21-17(10-13-3-7-15(8-4-13)20(27)28)18(24)22-16(11-23)9-12-1-5-14(6-2-12)19(25)26/h1-8,16-17,23,25-28H,9-11,21H2,(H,22,24)/t16?,17-/m0/s1. The normalized spacial score (nSPS) is 12.9. The van der Waals surface area contributed by atoms with E-state index in [0.29, 0.717) is 17.3 Å². The molecule has 2 aromatic rings. The van der Waals surface area contributed by atoms with Gasteiger partial charge in [0.25, 0.3) is 0 Å². The zero-order chi connectivity index (χ0) is 20.7. The van der Waals surface area contributed by atoms with E-state index in [9.17, 15) is 9.90 Å². The Morgan fingerprint density at radius 1 is 0.857 bits per heavy atom. The largest absolute Gasteiger partial charge is 0.488 e. The number of nitrogens with two attached hydrogens (primary N) is 1. The van der Waals surface area contributed by atoms with Gasteiger partial charge in [0, 0.05) is 0 Å². The van der Waals surface area contributed by atoms with E-state index in [1.54, 1.807) is 48.5 Å². The first kappa shape index (κ1) is 22.1. The fourth-order valence-corrected chi connectivity index (χ4v) is 2.75. The van der Waals surface area contributed by atoms with E-state index >= 15 is 0 Å². The second-order valence-corrected chi connectivity index (χ2v) is 6.63. The molecular formula is C18H24B2N2O6. The van der Waals surface area contributed by atoms with Crippen molar-refractivity contribution in [3.8, 4) is 0 Å². The van der Waals surface area contributed by atoms with Gasteiger partial charge < -0.3 is 36.3 Å². The molecule has 0 bridgehead atoms. The molecule has 8 nitrogen and oxygen atoms in total. The van der Waals surface area contributed by atoms with Gasteiger partial charge in [-0.15, -0.1) is 0 Å². The second-order valence-electron chi connectivity index (χ2n) is 6.63. The molecule has 0 saturated heterocycles. The molecule has 0 aliphatic carbocycles. The first-order valence-corrected chi connectivity index (χ1v) is 8.87. The molecule has 28 heavy (non-hydrogen) atoms. The van der Waals surface area contributed by atoms with Crippen molar-refractivity contribution in [1.29, 1.82) is 0 Å². The Morgan fingerprint density at radius 2 is 1.29 bits per heavy atom. The fraction of sp³-hybridized carbons (Fsp3) is 0.278. The fourth-order valence-electron chi connectivity index (χ4n) is 2.75. The van der Waals surface area contributed by atoms with Crippen molar-refractivity contribution in [3.05, 3.63) is 59.7 Å². The van der Waals surface area contributed by atoms with Crippen LogP contribution in [0.1, 0.15) is 11.1 Å². The third-order valence-corrected chi connectivity index (χ3v) is 4.40. The minimum absolute atomic E-state index is 0.259. The van der Waals surface area contributed by atoms with Crippen LogP contribution in [-0.2, 0) is 17.6 Å². The number of hydrogen-bond acceptors (Lipinski definition) is 7. The quantitative estimate of drug-likeness (QED) is 0.222. The maximum absolute atomic E-state index is 12.3. The number of carbonyl (C=O) groups excluding carboxylic acids is 1. The van der Waals surface area contributed by atoms with Crippen LogP contribution in [0.25, 0.3) is 0 Å². The lowest BCUT2D eigenvalue weighted by atomic mass is 9.80. The lowest BCUT2D eigenvalue weighted by molar-refractivity contribution is -0.123. The predicted octanol–water partition coefficient (Wildman–Crippen LogP) is -3.36. The molecule has 0 saturated carbocycles. The molecule has 8 N–H and O–H groups in total. The first-order valence-electron chi connectivity index (χ1n) is 8.87. The van der Waals surface area contributed by atoms with E-state index in [2.05, 4.69) is 5.32 Å². The van der Waals surface area contributed by atoms with Gasteiger partial charge in [-0.05, 0) is 34.9 Å². The molecule has 0 fully saturated rings. The summed E-state index contributed by atoms with van der Waals surface area (Å²) in [5.41, 5.74) is 8.24. The molecule has 2 aromatic carbocycles. The molecule has 2 atom stereocenters. The number of carbonyl (C=O) groups is 1. The Morgan fingerprint density at radius 3 is 1.68 bits per heavy atom. The van der Waals surface area contributed by atoms with E-state index in [4.69, 9.17) is 25.8 Å². The number of amides is 1. The lowest BCUT2D eigenvalue weighted by Gasteiger charge is -2.20. The Kier molecular flexibility index (Phi) is 8.18. The highest BCUT2D eigenvalue weighted by Gasteiger charge is 2.19. The highest BCUT2D eigenvalue weighted by Crippen LogP contribution is 2.05. The van der Waals surface area contributed by atoms with Crippen LogP contribution in [-0.4, -0.2) is 64.0 Å². The molecule has 0 aliphatic heterocycles. The summed E-state index contributed by atoms with van der Waals surface area (Å²) < 4.78 is 0. The summed E-state index contributed by atoms with van der Waals surface area (Å²) in [5, 5.41) is 48.7. The van der Waals surface area contributed by atoms with Crippen LogP contribution in [0.4, 0.5) is 0 Å². The molecule has 0 heterocycles. The molecule has 10 heteroatoms. The van der Waals surface area contributed by atoms with Gasteiger partial charge in [-0.25, -0.2) is 0 Å². The monoisotopic (exact) mass is 386 g/mol. The number of rotatable bonds is 9. The van der Waals surface area contributed by atoms with Crippen LogP contribution in [0, 0.1) is 0 Å². The van der Waals surface area contributed by atoms with Gasteiger partial charge in [-0.2, -0.15) is 0 Å². The van der Waals surface area contributed by atoms with E-state index in [0.717, 1.165) is 11.1 Å². The van der Waals surface area contributed by atoms with Gasteiger partial charge in [0.05, 0.1) is 18.7 Å². The lowest BCUT2D eigenvalue weighted by Crippen LogP contribution is -2.48. The van der Waals surface area contributed by atoms with Crippen molar-refractivity contribution in [3.63, 3.8) is 0 Å². The summed E-state index contributed by atoms with van der Waals surface area (Å²) in [6, 6.07) is 11.6. The average Bonchev–Trinajstić information content (AvgIpc) is 2.68. The molecule has 0 aromatic heterocycles. The minimum atomic E-state index is -1.55. The van der Waals surface area contributed by atoms with E-state index in [1.165, 1.54) is 0 Å². The van der Waals surface area contributed by atoms with Crippen LogP contribution in [0.3, 0.4) is 0 Å². The zero-order valence-electron chi connectivity index (χ0n) is 15.3. The number of nitrogens with one attached hydrogen (secondary N) is 1. The Bertz CT molecular complexity index is 756. The van der Waals surface area contributed by atoms with E-state index in [-0.39, 0.29) is 13.0 Å². The summed E-state index contributed by atoms with van der Waals surface area (Å²) in [4.78, 5) is 12.3. The van der Waals surface area contributed by atoms with Crippen molar-refractivity contribution in [2.24, 2.45) is 5.73 Å². The third-order valence-electron chi connectivity index (χ3n) is 4.40. The van der Waals surface area contributed by atoms with Gasteiger partial charge in [0.1, 0.15) is 0 Å². The van der Waals surface area contributed by atoms with Crippen LogP contribution >= 0.6 is 0 Å². The van der Waals surface area contributed by atoms with Gasteiger partial charge >= 0.3 is 14.2 Å². The van der Waals surface area contributed by atoms with Crippen molar-refractivity contribution >= 4 is 31.1 Å². The highest BCUT2D eigenvalue weighted by molar-refractivity contribution is 6.58. The number of hydrogen-bond donors (Lipinski definition) is 7. The molecule has 2 rings (SSSR count). The van der Waals surface area contributed by atoms with Crippen molar-refractivity contribution in [1.82, 2.24) is 5.32 Å². The Balaban J connectivity index is 1.91.